The van der Waals surface area contributed by atoms with Crippen LogP contribution in [0.25, 0.3) is 11.1 Å². The first-order valence-electron chi connectivity index (χ1n) is 26.2. The summed E-state index contributed by atoms with van der Waals surface area (Å²) < 4.78 is 161. The van der Waals surface area contributed by atoms with Crippen molar-refractivity contribution >= 4 is 29.8 Å². The van der Waals surface area contributed by atoms with Crippen LogP contribution in [0.5, 0.6) is 0 Å². The lowest BCUT2D eigenvalue weighted by Gasteiger charge is -2.48. The molecule has 18 nitrogen and oxygen atoms in total. The molecule has 0 spiro atoms. The van der Waals surface area contributed by atoms with Gasteiger partial charge in [-0.1, -0.05) is 30.9 Å². The zero-order valence-electron chi connectivity index (χ0n) is 46.2. The Bertz CT molecular complexity index is 2980. The second-order valence-corrected chi connectivity index (χ2v) is 22.3. The van der Waals surface area contributed by atoms with Gasteiger partial charge in [0.15, 0.2) is 0 Å². The Morgan fingerprint density at radius 2 is 1.34 bits per heavy atom. The van der Waals surface area contributed by atoms with Gasteiger partial charge in [-0.2, -0.15) is 40.2 Å². The predicted octanol–water partition coefficient (Wildman–Crippen LogP) is 7.26. The number of aromatic nitrogens is 3. The Labute approximate surface area is 471 Å². The molecule has 4 amide bonds. The van der Waals surface area contributed by atoms with Crippen LogP contribution in [0.3, 0.4) is 0 Å². The Balaban J connectivity index is 1.17. The highest BCUT2D eigenvalue weighted by Gasteiger charge is 2.57. The van der Waals surface area contributed by atoms with Crippen molar-refractivity contribution in [1.82, 2.24) is 46.0 Å². The van der Waals surface area contributed by atoms with Crippen molar-refractivity contribution in [3.05, 3.63) is 101 Å². The van der Waals surface area contributed by atoms with Gasteiger partial charge in [-0.3, -0.25) is 19.9 Å². The van der Waals surface area contributed by atoms with Crippen LogP contribution in [0.1, 0.15) is 76.3 Å². The smallest absolute Gasteiger partial charge is 0.407 e. The molecule has 3 aliphatic heterocycles. The molecule has 3 fully saturated rings. The Hall–Kier alpha value is -7.22. The highest BCUT2D eigenvalue weighted by atomic mass is 19.4. The van der Waals surface area contributed by atoms with Gasteiger partial charge in [0.2, 0.25) is 5.91 Å². The summed E-state index contributed by atoms with van der Waals surface area (Å²) in [7, 11) is 1.61. The number of hydrogen-bond donors (Lipinski definition) is 5. The number of carbonyl (C=O) groups excluding carboxylic acids is 4. The number of aliphatic hydroxyl groups is 1. The molecule has 2 unspecified atom stereocenters. The second-order valence-electron chi connectivity index (χ2n) is 22.3. The molecule has 7 rings (SSSR count). The van der Waals surface area contributed by atoms with Crippen molar-refractivity contribution in [1.29, 1.82) is 0 Å². The molecule has 3 saturated heterocycles. The number of carbonyl (C=O) groups is 4. The quantitative estimate of drug-likeness (QED) is 0.0337. The average molecular weight is 1180 g/mol. The topological polar surface area (TPSA) is 205 Å². The van der Waals surface area contributed by atoms with E-state index in [0.29, 0.717) is 68.0 Å². The van der Waals surface area contributed by atoms with Crippen LogP contribution in [-0.4, -0.2) is 156 Å². The van der Waals surface area contributed by atoms with Crippen molar-refractivity contribution < 1.29 is 82.4 Å². The summed E-state index contributed by atoms with van der Waals surface area (Å²) in [5, 5.41) is 22.0. The second kappa shape index (κ2) is 25.3. The molecular weight excluding hydrogens is 1120 g/mol. The molecule has 5 N–H and O–H groups in total. The third-order valence-electron chi connectivity index (χ3n) is 15.3. The number of rotatable bonds is 20. The molecule has 0 aliphatic carbocycles. The van der Waals surface area contributed by atoms with Crippen molar-refractivity contribution in [2.75, 3.05) is 58.5 Å². The Kier molecular flexibility index (Phi) is 19.3. The van der Waals surface area contributed by atoms with Crippen molar-refractivity contribution in [2.24, 2.45) is 16.2 Å². The number of hydrazine groups is 1. The number of aliphatic hydroxyl groups excluding tert-OH is 1. The summed E-state index contributed by atoms with van der Waals surface area (Å²) in [6, 6.07) is 5.22. The van der Waals surface area contributed by atoms with Gasteiger partial charge in [0.05, 0.1) is 56.6 Å². The third kappa shape index (κ3) is 14.9. The number of hydrogen-bond acceptors (Lipinski definition) is 13. The first-order chi connectivity index (χ1) is 38.8. The van der Waals surface area contributed by atoms with Crippen LogP contribution >= 0.6 is 0 Å². The molecule has 0 saturated carbocycles. The van der Waals surface area contributed by atoms with Crippen LogP contribution in [0.15, 0.2) is 67.1 Å². The number of halogens is 10. The van der Waals surface area contributed by atoms with Gasteiger partial charge in [-0.15, -0.1) is 0 Å². The molecule has 5 heterocycles. The van der Waals surface area contributed by atoms with Gasteiger partial charge < -0.3 is 40.2 Å². The predicted molar refractivity (Wildman–Crippen MR) is 279 cm³/mol. The number of alkyl halides is 8. The zero-order chi connectivity index (χ0) is 61.0. The van der Waals surface area contributed by atoms with Gasteiger partial charge in [0, 0.05) is 84.9 Å². The van der Waals surface area contributed by atoms with Crippen LogP contribution in [-0.2, 0) is 36.8 Å². The summed E-state index contributed by atoms with van der Waals surface area (Å²) in [6.07, 6.45) is -10.5. The number of methoxy groups -OCH3 is 2. The molecule has 83 heavy (non-hydrogen) atoms. The highest BCUT2D eigenvalue weighted by Crippen LogP contribution is 2.42. The fourth-order valence-electron chi connectivity index (χ4n) is 9.99. The van der Waals surface area contributed by atoms with Crippen LogP contribution in [0, 0.1) is 39.7 Å². The van der Waals surface area contributed by atoms with Gasteiger partial charge in [-0.05, 0) is 94.5 Å². The molecule has 2 aromatic carbocycles. The van der Waals surface area contributed by atoms with Crippen molar-refractivity contribution in [3.8, 4) is 23.0 Å². The minimum absolute atomic E-state index is 0.168. The molecule has 6 atom stereocenters. The lowest BCUT2D eigenvalue weighted by Crippen LogP contribution is -2.63. The lowest BCUT2D eigenvalue weighted by atomic mass is 9.82. The van der Waals surface area contributed by atoms with Crippen LogP contribution < -0.4 is 26.3 Å². The fraction of sp³-hybridized carbons (Fsp3) is 0.527. The number of fused-ring (bicyclic) bond motifs is 2. The number of nitrogens with zero attached hydrogens (tertiary/aromatic N) is 6. The van der Waals surface area contributed by atoms with E-state index in [-0.39, 0.29) is 26.8 Å². The molecule has 28 heteroatoms. The van der Waals surface area contributed by atoms with E-state index >= 15 is 8.78 Å². The summed E-state index contributed by atoms with van der Waals surface area (Å²) >= 11 is 0. The van der Waals surface area contributed by atoms with E-state index < -0.39 is 115 Å². The SMILES string of the molecule is COC(=O)N[C@H](C(=O)N[C@@H](Cc1ccc(C#Cc2ccc(N3CC4CCC(C3)N4CC3(C)COC3)nc2)cc1)[C@@H](O)CN(Cc1c(F)cc(-c2cnn(C(F)F)c2)cc1F)NC(=O)[C@@H](NC(=O)OC)C(C)(C)C(F)(F)F)C(C)(C)C(F)(F)F. The zero-order valence-corrected chi connectivity index (χ0v) is 46.2. The first kappa shape index (κ1) is 63.4. The maximum absolute atomic E-state index is 16.1. The number of anilines is 1. The van der Waals surface area contributed by atoms with E-state index in [4.69, 9.17) is 9.72 Å². The first-order valence-corrected chi connectivity index (χ1v) is 26.2. The van der Waals surface area contributed by atoms with E-state index in [1.54, 1.807) is 23.6 Å². The van der Waals surface area contributed by atoms with E-state index in [1.807, 2.05) is 22.9 Å². The minimum Gasteiger partial charge on any atom is -0.453 e. The van der Waals surface area contributed by atoms with Gasteiger partial charge in [-0.25, -0.2) is 33.0 Å². The molecule has 452 valence electrons. The molecular formula is C55H64F10N10O8. The average Bonchev–Trinajstić information content (AvgIpc) is 3.52. The van der Waals surface area contributed by atoms with Crippen molar-refractivity contribution in [3.63, 3.8) is 0 Å². The lowest BCUT2D eigenvalue weighted by molar-refractivity contribution is -0.221. The Morgan fingerprint density at radius 3 is 1.82 bits per heavy atom. The van der Waals surface area contributed by atoms with Gasteiger partial charge in [0.1, 0.15) is 29.5 Å². The number of benzene rings is 2. The normalized spacial score (nSPS) is 18.7. The number of nitrogens with one attached hydrogen (secondary N) is 4. The van der Waals surface area contributed by atoms with E-state index in [9.17, 15) is 59.4 Å². The van der Waals surface area contributed by atoms with E-state index in [1.165, 1.54) is 12.1 Å². The number of ether oxygens (including phenoxy) is 3. The maximum Gasteiger partial charge on any atom is 0.407 e. The molecule has 2 aromatic heterocycles. The fourth-order valence-corrected chi connectivity index (χ4v) is 9.99. The van der Waals surface area contributed by atoms with Crippen LogP contribution in [0.4, 0.5) is 59.3 Å². The summed E-state index contributed by atoms with van der Waals surface area (Å²) in [5.41, 5.74) is -4.04. The summed E-state index contributed by atoms with van der Waals surface area (Å²) in [4.78, 5) is 62.5. The number of pyridine rings is 1. The number of piperazine rings is 1. The molecule has 4 aromatic rings. The molecule has 3 aliphatic rings. The van der Waals surface area contributed by atoms with E-state index in [2.05, 4.69) is 48.5 Å². The van der Waals surface area contributed by atoms with Crippen LogP contribution in [0.2, 0.25) is 0 Å². The maximum atomic E-state index is 16.1. The monoisotopic (exact) mass is 1180 g/mol. The van der Waals surface area contributed by atoms with E-state index in [0.717, 1.165) is 78.1 Å². The highest BCUT2D eigenvalue weighted by molar-refractivity contribution is 5.87. The summed E-state index contributed by atoms with van der Waals surface area (Å²) in [6.45, 7) is 3.32. The minimum atomic E-state index is -5.23. The standard InChI is InChI=1S/C55H64F10N10O8/c1-51(2,54(60,61)62)44(69-49(79)81-6)46(77)68-41(18-32-11-8-31(9-12-32)10-13-33-14-17-43(66-21-33)72-24-36-15-16-37(25-72)74(36)28-53(5)29-83-30-53)42(76)27-73(71-47(78)45(70-50(80)82-7)52(3,4)55(63,64)65)26-38-39(56)19-34(20-40(38)57)35-22-67-75(23-35)48(58)59/h8-9,11-12,14,17,19-23,36-37,41-42,44-45,48,76H,15-16,18,24-30H2,1-7H3,(H,68,77)(H,69,79)(H,70,80)(H,71,78)/t36?,37?,41-,42-,44+,45+/m0/s1. The summed E-state index contributed by atoms with van der Waals surface area (Å²) in [5.74, 6) is 0.836. The van der Waals surface area contributed by atoms with Gasteiger partial charge in [0.25, 0.3) is 5.91 Å². The third-order valence-corrected chi connectivity index (χ3v) is 15.3. The Morgan fingerprint density at radius 1 is 0.795 bits per heavy atom. The number of alkyl carbamates (subject to hydrolysis) is 2. The van der Waals surface area contributed by atoms with Gasteiger partial charge >= 0.3 is 31.1 Å². The largest absolute Gasteiger partial charge is 0.453 e. The molecule has 2 bridgehead atoms. The van der Waals surface area contributed by atoms with Crippen molar-refractivity contribution in [2.45, 2.75) is 116 Å². The number of amides is 4. The molecule has 0 radical (unpaired) electrons.